The second-order valence-corrected chi connectivity index (χ2v) is 8.77. The zero-order chi connectivity index (χ0) is 20.1. The van der Waals surface area contributed by atoms with Crippen LogP contribution in [0.4, 0.5) is 16.6 Å². The average Bonchev–Trinajstić information content (AvgIpc) is 3.31. The molecule has 0 aliphatic rings. The van der Waals surface area contributed by atoms with Crippen LogP contribution in [0.1, 0.15) is 26.8 Å². The Kier molecular flexibility index (Phi) is 6.53. The summed E-state index contributed by atoms with van der Waals surface area (Å²) in [6, 6.07) is 9.54. The van der Waals surface area contributed by atoms with Crippen molar-refractivity contribution in [1.29, 1.82) is 0 Å². The monoisotopic (exact) mass is 418 g/mol. The highest BCUT2D eigenvalue weighted by Gasteiger charge is 2.19. The molecule has 0 aliphatic carbocycles. The Hall–Kier alpha value is -2.59. The molecule has 0 spiro atoms. The fourth-order valence-electron chi connectivity index (χ4n) is 2.43. The van der Waals surface area contributed by atoms with Crippen LogP contribution in [0.5, 0.6) is 5.75 Å². The highest BCUT2D eigenvalue weighted by Crippen LogP contribution is 2.33. The van der Waals surface area contributed by atoms with Crippen LogP contribution >= 0.6 is 23.1 Å². The van der Waals surface area contributed by atoms with Crippen molar-refractivity contribution >= 4 is 45.6 Å². The van der Waals surface area contributed by atoms with Crippen LogP contribution in [0, 0.1) is 0 Å². The minimum atomic E-state index is -0.331. The molecular weight excluding hydrogens is 396 g/mol. The Bertz CT molecular complexity index is 940. The topological polar surface area (TPSA) is 94.0 Å². The van der Waals surface area contributed by atoms with Crippen molar-refractivity contribution in [3.8, 4) is 5.75 Å². The van der Waals surface area contributed by atoms with Crippen molar-refractivity contribution in [3.63, 3.8) is 0 Å². The van der Waals surface area contributed by atoms with Gasteiger partial charge in [-0.25, -0.2) is 4.68 Å². The number of benzene rings is 1. The van der Waals surface area contributed by atoms with E-state index in [-0.39, 0.29) is 17.2 Å². The Morgan fingerprint density at radius 1 is 1.21 bits per heavy atom. The van der Waals surface area contributed by atoms with Crippen LogP contribution in [-0.4, -0.2) is 38.2 Å². The summed E-state index contributed by atoms with van der Waals surface area (Å²) in [6.07, 6.45) is 1.67. The number of carbonyl (C=O) groups is 1. The van der Waals surface area contributed by atoms with Gasteiger partial charge >= 0.3 is 0 Å². The number of aromatic nitrogens is 4. The summed E-state index contributed by atoms with van der Waals surface area (Å²) in [5.41, 5.74) is 0.811. The van der Waals surface area contributed by atoms with E-state index >= 15 is 0 Å². The SMILES string of the molecule is COc1ccccc1Nc1nnc(SC(C)C(=O)Nc2ccnn2C(C)C)s1. The number of hydrogen-bond acceptors (Lipinski definition) is 8. The first-order chi connectivity index (χ1) is 13.5. The van der Waals surface area contributed by atoms with Crippen LogP contribution in [0.2, 0.25) is 0 Å². The number of hydrogen-bond donors (Lipinski definition) is 2. The maximum atomic E-state index is 12.5. The maximum absolute atomic E-state index is 12.5. The standard InChI is InChI=1S/C18H22N6O2S2/c1-11(2)24-15(9-10-19-24)21-16(25)12(3)27-18-23-22-17(28-18)20-13-7-5-6-8-14(13)26-4/h5-12H,1-4H3,(H,20,22)(H,21,25). The van der Waals surface area contributed by atoms with Crippen molar-refractivity contribution in [1.82, 2.24) is 20.0 Å². The predicted molar refractivity (Wildman–Crippen MR) is 113 cm³/mol. The van der Waals surface area contributed by atoms with E-state index < -0.39 is 0 Å². The number of methoxy groups -OCH3 is 1. The van der Waals surface area contributed by atoms with Gasteiger partial charge in [-0.05, 0) is 32.9 Å². The number of anilines is 3. The molecule has 0 saturated carbocycles. The van der Waals surface area contributed by atoms with Crippen LogP contribution in [-0.2, 0) is 4.79 Å². The smallest absolute Gasteiger partial charge is 0.238 e. The Balaban J connectivity index is 1.61. The fourth-order valence-corrected chi connectivity index (χ4v) is 4.34. The average molecular weight is 419 g/mol. The number of para-hydroxylation sites is 2. The zero-order valence-corrected chi connectivity index (χ0v) is 17.7. The van der Waals surface area contributed by atoms with Gasteiger partial charge in [-0.15, -0.1) is 10.2 Å². The molecule has 2 aromatic heterocycles. The lowest BCUT2D eigenvalue weighted by Gasteiger charge is -2.14. The van der Waals surface area contributed by atoms with Gasteiger partial charge in [0.25, 0.3) is 0 Å². The molecule has 1 atom stereocenters. The lowest BCUT2D eigenvalue weighted by Crippen LogP contribution is -2.24. The molecule has 2 N–H and O–H groups in total. The van der Waals surface area contributed by atoms with Gasteiger partial charge in [-0.3, -0.25) is 4.79 Å². The first kappa shape index (κ1) is 20.2. The molecule has 2 heterocycles. The fraction of sp³-hybridized carbons (Fsp3) is 0.333. The van der Waals surface area contributed by atoms with Crippen molar-refractivity contribution in [2.45, 2.75) is 36.4 Å². The molecular formula is C18H22N6O2S2. The van der Waals surface area contributed by atoms with Gasteiger partial charge in [0, 0.05) is 12.1 Å². The maximum Gasteiger partial charge on any atom is 0.238 e. The molecule has 10 heteroatoms. The van der Waals surface area contributed by atoms with E-state index in [0.29, 0.717) is 15.3 Å². The number of thioether (sulfide) groups is 1. The molecule has 0 aliphatic heterocycles. The largest absolute Gasteiger partial charge is 0.495 e. The minimum Gasteiger partial charge on any atom is -0.495 e. The molecule has 3 rings (SSSR count). The van der Waals surface area contributed by atoms with Gasteiger partial charge in [0.1, 0.15) is 11.6 Å². The highest BCUT2D eigenvalue weighted by molar-refractivity contribution is 8.02. The molecule has 0 saturated heterocycles. The van der Waals surface area contributed by atoms with Crippen molar-refractivity contribution in [3.05, 3.63) is 36.5 Å². The number of rotatable bonds is 8. The van der Waals surface area contributed by atoms with Crippen LogP contribution in [0.3, 0.4) is 0 Å². The molecule has 1 amide bonds. The van der Waals surface area contributed by atoms with Crippen molar-refractivity contribution in [2.75, 3.05) is 17.7 Å². The van der Waals surface area contributed by atoms with E-state index in [2.05, 4.69) is 25.9 Å². The minimum absolute atomic E-state index is 0.109. The molecule has 1 unspecified atom stereocenters. The van der Waals surface area contributed by atoms with Crippen LogP contribution in [0.15, 0.2) is 40.9 Å². The number of nitrogens with zero attached hydrogens (tertiary/aromatic N) is 4. The summed E-state index contributed by atoms with van der Waals surface area (Å²) in [5, 5.41) is 19.0. The van der Waals surface area contributed by atoms with Gasteiger partial charge in [-0.1, -0.05) is 35.2 Å². The molecule has 148 valence electrons. The third-order valence-electron chi connectivity index (χ3n) is 3.81. The lowest BCUT2D eigenvalue weighted by molar-refractivity contribution is -0.115. The third-order valence-corrected chi connectivity index (χ3v) is 5.84. The summed E-state index contributed by atoms with van der Waals surface area (Å²) in [7, 11) is 1.62. The summed E-state index contributed by atoms with van der Waals surface area (Å²) >= 11 is 2.75. The second kappa shape index (κ2) is 9.07. The van der Waals surface area contributed by atoms with Crippen LogP contribution in [0.25, 0.3) is 0 Å². The molecule has 0 bridgehead atoms. The van der Waals surface area contributed by atoms with Gasteiger partial charge < -0.3 is 15.4 Å². The summed E-state index contributed by atoms with van der Waals surface area (Å²) < 4.78 is 7.80. The van der Waals surface area contributed by atoms with Gasteiger partial charge in [-0.2, -0.15) is 5.10 Å². The second-order valence-electron chi connectivity index (χ2n) is 6.20. The Morgan fingerprint density at radius 2 is 2.00 bits per heavy atom. The molecule has 0 fully saturated rings. The molecule has 28 heavy (non-hydrogen) atoms. The van der Waals surface area contributed by atoms with Crippen molar-refractivity contribution < 1.29 is 9.53 Å². The first-order valence-electron chi connectivity index (χ1n) is 8.72. The lowest BCUT2D eigenvalue weighted by atomic mass is 10.3. The van der Waals surface area contributed by atoms with E-state index in [0.717, 1.165) is 11.4 Å². The van der Waals surface area contributed by atoms with E-state index in [4.69, 9.17) is 4.74 Å². The van der Waals surface area contributed by atoms with Gasteiger partial charge in [0.15, 0.2) is 4.34 Å². The Labute approximate surface area is 171 Å². The molecule has 3 aromatic rings. The molecule has 8 nitrogen and oxygen atoms in total. The Morgan fingerprint density at radius 3 is 2.75 bits per heavy atom. The van der Waals surface area contributed by atoms with Crippen LogP contribution < -0.4 is 15.4 Å². The predicted octanol–water partition coefficient (Wildman–Crippen LogP) is 4.19. The van der Waals surface area contributed by atoms with E-state index in [1.807, 2.05) is 45.0 Å². The summed E-state index contributed by atoms with van der Waals surface area (Å²) in [6.45, 7) is 5.86. The quantitative estimate of drug-likeness (QED) is 0.530. The van der Waals surface area contributed by atoms with E-state index in [1.165, 1.54) is 23.1 Å². The molecule has 1 aromatic carbocycles. The first-order valence-corrected chi connectivity index (χ1v) is 10.4. The van der Waals surface area contributed by atoms with E-state index in [1.54, 1.807) is 24.1 Å². The van der Waals surface area contributed by atoms with E-state index in [9.17, 15) is 4.79 Å². The normalized spacial score (nSPS) is 12.0. The number of amides is 1. The third kappa shape index (κ3) is 4.82. The zero-order valence-electron chi connectivity index (χ0n) is 16.0. The van der Waals surface area contributed by atoms with Crippen molar-refractivity contribution in [2.24, 2.45) is 0 Å². The highest BCUT2D eigenvalue weighted by atomic mass is 32.2. The number of nitrogens with one attached hydrogen (secondary N) is 2. The summed E-state index contributed by atoms with van der Waals surface area (Å²) in [5.74, 6) is 1.30. The summed E-state index contributed by atoms with van der Waals surface area (Å²) in [4.78, 5) is 12.5. The molecule has 0 radical (unpaired) electrons. The van der Waals surface area contributed by atoms with Gasteiger partial charge in [0.2, 0.25) is 11.0 Å². The number of carbonyl (C=O) groups excluding carboxylic acids is 1. The number of ether oxygens (including phenoxy) is 1. The van der Waals surface area contributed by atoms with Gasteiger partial charge in [0.05, 0.1) is 24.2 Å².